The molecule has 0 aliphatic carbocycles. The number of benzene rings is 2. The number of primary amides is 1. The molecule has 0 bridgehead atoms. The summed E-state index contributed by atoms with van der Waals surface area (Å²) in [6.07, 6.45) is 2.35. The molecule has 8 heteroatoms. The van der Waals surface area contributed by atoms with Crippen LogP contribution in [0.15, 0.2) is 54.3 Å². The molecule has 2 aliphatic rings. The monoisotopic (exact) mass is 423 g/mol. The second kappa shape index (κ2) is 8.59. The molecule has 0 atom stereocenters. The minimum Gasteiger partial charge on any atom is -0.449 e. The number of rotatable bonds is 4. The van der Waals surface area contributed by atoms with Gasteiger partial charge in [0, 0.05) is 24.6 Å². The van der Waals surface area contributed by atoms with E-state index in [4.69, 9.17) is 10.5 Å². The van der Waals surface area contributed by atoms with Crippen LogP contribution >= 0.6 is 0 Å². The number of likely N-dealkylation sites (tertiary alicyclic amines) is 1. The molecular formula is C23H22FN3O4. The first-order valence-corrected chi connectivity index (χ1v) is 10.1. The van der Waals surface area contributed by atoms with E-state index >= 15 is 0 Å². The number of nitrogens with two attached hydrogens (primary N) is 1. The Balaban J connectivity index is 1.57. The number of hydrogen-bond acceptors (Lipinski definition) is 4. The summed E-state index contributed by atoms with van der Waals surface area (Å²) in [5.41, 5.74) is 6.04. The van der Waals surface area contributed by atoms with Crippen LogP contribution in [0.1, 0.15) is 18.4 Å². The van der Waals surface area contributed by atoms with Crippen molar-refractivity contribution in [1.29, 1.82) is 0 Å². The number of piperidine rings is 1. The van der Waals surface area contributed by atoms with Crippen molar-refractivity contribution in [2.45, 2.75) is 12.8 Å². The van der Waals surface area contributed by atoms with Gasteiger partial charge in [-0.1, -0.05) is 30.3 Å². The van der Waals surface area contributed by atoms with E-state index in [2.05, 4.69) is 0 Å². The zero-order valence-corrected chi connectivity index (χ0v) is 16.8. The lowest BCUT2D eigenvalue weighted by Gasteiger charge is -2.34. The lowest BCUT2D eigenvalue weighted by atomic mass is 9.96. The zero-order valence-electron chi connectivity index (χ0n) is 16.8. The standard InChI is InChI=1S/C23H22FN3O4/c24-17-6-2-1-5-16(17)13-20-23(30)27(18-7-3-4-8-19(18)31-20)14-21(28)26-11-9-15(10-12-26)22(25)29/h1-8,13,15H,9-12,14H2,(H2,25,29)/b20-13+. The smallest absolute Gasteiger partial charge is 0.294 e. The van der Waals surface area contributed by atoms with Crippen LogP contribution in [0.5, 0.6) is 5.75 Å². The van der Waals surface area contributed by atoms with E-state index < -0.39 is 11.7 Å². The van der Waals surface area contributed by atoms with E-state index in [0.29, 0.717) is 37.4 Å². The minimum absolute atomic E-state index is 0.0657. The van der Waals surface area contributed by atoms with Crippen LogP contribution in [0.2, 0.25) is 0 Å². The maximum Gasteiger partial charge on any atom is 0.294 e. The number of anilines is 1. The fourth-order valence-corrected chi connectivity index (χ4v) is 3.80. The number of carbonyl (C=O) groups is 3. The lowest BCUT2D eigenvalue weighted by molar-refractivity contribution is -0.134. The number of ether oxygens (including phenoxy) is 1. The number of halogens is 1. The number of hydrogen-bond donors (Lipinski definition) is 1. The molecule has 4 rings (SSSR count). The van der Waals surface area contributed by atoms with Crippen LogP contribution in [-0.4, -0.2) is 42.3 Å². The molecule has 0 aromatic heterocycles. The van der Waals surface area contributed by atoms with Crippen LogP contribution < -0.4 is 15.4 Å². The fraction of sp³-hybridized carbons (Fsp3) is 0.261. The molecule has 2 aromatic rings. The topological polar surface area (TPSA) is 92.9 Å². The third-order valence-electron chi connectivity index (χ3n) is 5.57. The summed E-state index contributed by atoms with van der Waals surface area (Å²) in [4.78, 5) is 40.4. The van der Waals surface area contributed by atoms with Crippen molar-refractivity contribution in [1.82, 2.24) is 4.90 Å². The minimum atomic E-state index is -0.526. The van der Waals surface area contributed by atoms with E-state index in [0.717, 1.165) is 0 Å². The van der Waals surface area contributed by atoms with Crippen molar-refractivity contribution >= 4 is 29.5 Å². The van der Waals surface area contributed by atoms with Gasteiger partial charge in [-0.3, -0.25) is 19.3 Å². The normalized spacial score (nSPS) is 18.0. The molecule has 0 radical (unpaired) electrons. The number of carbonyl (C=O) groups excluding carboxylic acids is 3. The molecule has 1 fully saturated rings. The first-order valence-electron chi connectivity index (χ1n) is 10.1. The largest absolute Gasteiger partial charge is 0.449 e. The van der Waals surface area contributed by atoms with E-state index in [9.17, 15) is 18.8 Å². The number of fused-ring (bicyclic) bond motifs is 1. The van der Waals surface area contributed by atoms with Gasteiger partial charge in [0.2, 0.25) is 11.8 Å². The maximum absolute atomic E-state index is 14.1. The predicted molar refractivity (Wildman–Crippen MR) is 112 cm³/mol. The predicted octanol–water partition coefficient (Wildman–Crippen LogP) is 2.32. The average Bonchev–Trinajstić information content (AvgIpc) is 2.78. The third kappa shape index (κ3) is 4.28. The van der Waals surface area contributed by atoms with Crippen LogP contribution in [0.3, 0.4) is 0 Å². The highest BCUT2D eigenvalue weighted by Gasteiger charge is 2.34. The average molecular weight is 423 g/mol. The summed E-state index contributed by atoms with van der Waals surface area (Å²) in [5, 5.41) is 0. The van der Waals surface area contributed by atoms with Crippen molar-refractivity contribution in [2.24, 2.45) is 11.7 Å². The van der Waals surface area contributed by atoms with E-state index in [-0.39, 0.29) is 35.6 Å². The first kappa shape index (κ1) is 20.6. The molecule has 2 aromatic carbocycles. The molecule has 1 saturated heterocycles. The summed E-state index contributed by atoms with van der Waals surface area (Å²) in [5.74, 6) is -1.49. The summed E-state index contributed by atoms with van der Waals surface area (Å²) in [6, 6.07) is 12.9. The number of para-hydroxylation sites is 2. The van der Waals surface area contributed by atoms with Crippen LogP contribution in [0.25, 0.3) is 6.08 Å². The van der Waals surface area contributed by atoms with E-state index in [1.807, 2.05) is 0 Å². The molecule has 3 amide bonds. The van der Waals surface area contributed by atoms with Gasteiger partial charge in [0.25, 0.3) is 5.91 Å². The molecule has 2 heterocycles. The number of amides is 3. The molecule has 160 valence electrons. The van der Waals surface area contributed by atoms with E-state index in [1.54, 1.807) is 41.3 Å². The summed E-state index contributed by atoms with van der Waals surface area (Å²) >= 11 is 0. The van der Waals surface area contributed by atoms with Gasteiger partial charge in [0.05, 0.1) is 5.69 Å². The summed E-state index contributed by atoms with van der Waals surface area (Å²) < 4.78 is 19.8. The Morgan fingerprint density at radius 1 is 1.10 bits per heavy atom. The Labute approximate surface area is 178 Å². The van der Waals surface area contributed by atoms with Crippen molar-refractivity contribution in [3.05, 3.63) is 65.7 Å². The molecule has 0 saturated carbocycles. The Hall–Kier alpha value is -3.68. The van der Waals surface area contributed by atoms with Crippen LogP contribution in [0.4, 0.5) is 10.1 Å². The van der Waals surface area contributed by atoms with Crippen molar-refractivity contribution in [3.8, 4) is 5.75 Å². The SMILES string of the molecule is NC(=O)C1CCN(C(=O)CN2C(=O)/C(=C\c3ccccc3F)Oc3ccccc32)CC1. The van der Waals surface area contributed by atoms with Gasteiger partial charge in [-0.05, 0) is 37.1 Å². The molecule has 31 heavy (non-hydrogen) atoms. The second-order valence-electron chi connectivity index (χ2n) is 7.55. The van der Waals surface area contributed by atoms with E-state index in [1.165, 1.54) is 23.1 Å². The lowest BCUT2D eigenvalue weighted by Crippen LogP contribution is -2.48. The zero-order chi connectivity index (χ0) is 22.0. The quantitative estimate of drug-likeness (QED) is 0.764. The van der Waals surface area contributed by atoms with Gasteiger partial charge in [-0.15, -0.1) is 0 Å². The van der Waals surface area contributed by atoms with Gasteiger partial charge in [0.15, 0.2) is 11.5 Å². The molecule has 2 N–H and O–H groups in total. The van der Waals surface area contributed by atoms with Crippen LogP contribution in [0, 0.1) is 11.7 Å². The van der Waals surface area contributed by atoms with Gasteiger partial charge in [0.1, 0.15) is 12.4 Å². The Kier molecular flexibility index (Phi) is 5.70. The maximum atomic E-state index is 14.1. The molecule has 2 aliphatic heterocycles. The second-order valence-corrected chi connectivity index (χ2v) is 7.55. The first-order chi connectivity index (χ1) is 14.9. The van der Waals surface area contributed by atoms with Crippen molar-refractivity contribution in [2.75, 3.05) is 24.5 Å². The van der Waals surface area contributed by atoms with Crippen LogP contribution in [-0.2, 0) is 14.4 Å². The Morgan fingerprint density at radius 3 is 2.48 bits per heavy atom. The molecular weight excluding hydrogens is 401 g/mol. The summed E-state index contributed by atoms with van der Waals surface area (Å²) in [6.45, 7) is 0.629. The van der Waals surface area contributed by atoms with Gasteiger partial charge in [-0.25, -0.2) is 4.39 Å². The number of nitrogens with zero attached hydrogens (tertiary/aromatic N) is 2. The Bertz CT molecular complexity index is 1060. The fourth-order valence-electron chi connectivity index (χ4n) is 3.80. The highest BCUT2D eigenvalue weighted by atomic mass is 19.1. The van der Waals surface area contributed by atoms with Crippen molar-refractivity contribution < 1.29 is 23.5 Å². The Morgan fingerprint density at radius 2 is 1.77 bits per heavy atom. The molecule has 7 nitrogen and oxygen atoms in total. The third-order valence-corrected chi connectivity index (χ3v) is 5.57. The molecule has 0 spiro atoms. The highest BCUT2D eigenvalue weighted by molar-refractivity contribution is 6.12. The summed E-state index contributed by atoms with van der Waals surface area (Å²) in [7, 11) is 0. The van der Waals surface area contributed by atoms with Gasteiger partial charge >= 0.3 is 0 Å². The highest BCUT2D eigenvalue weighted by Crippen LogP contribution is 2.35. The van der Waals surface area contributed by atoms with Gasteiger partial charge < -0.3 is 15.4 Å². The van der Waals surface area contributed by atoms with Crippen molar-refractivity contribution in [3.63, 3.8) is 0 Å². The molecule has 0 unspecified atom stereocenters. The van der Waals surface area contributed by atoms with Gasteiger partial charge in [-0.2, -0.15) is 0 Å².